The zero-order chi connectivity index (χ0) is 14.7. The molecule has 0 aliphatic carbocycles. The quantitative estimate of drug-likeness (QED) is 0.938. The number of aromatic nitrogens is 1. The van der Waals surface area contributed by atoms with Crippen LogP contribution >= 0.6 is 0 Å². The summed E-state index contributed by atoms with van der Waals surface area (Å²) in [6.07, 6.45) is 5.47. The van der Waals surface area contributed by atoms with E-state index in [0.29, 0.717) is 11.9 Å². The minimum absolute atomic E-state index is 0.200. The average molecular weight is 285 g/mol. The van der Waals surface area contributed by atoms with E-state index in [9.17, 15) is 0 Å². The topological polar surface area (TPSA) is 55.3 Å². The number of piperidine rings is 1. The molecule has 0 spiro atoms. The second kappa shape index (κ2) is 6.41. The molecule has 1 aromatic heterocycles. The summed E-state index contributed by atoms with van der Waals surface area (Å²) in [6.45, 7) is 4.02. The molecule has 2 atom stereocenters. The predicted octanol–water partition coefficient (Wildman–Crippen LogP) is 3.04. The number of likely N-dealkylation sites (tertiary alicyclic amines) is 1. The first-order valence-corrected chi connectivity index (χ1v) is 7.73. The highest BCUT2D eigenvalue weighted by Crippen LogP contribution is 2.23. The van der Waals surface area contributed by atoms with E-state index < -0.39 is 0 Å². The summed E-state index contributed by atoms with van der Waals surface area (Å²) in [5.41, 5.74) is 8.13. The number of rotatable bonds is 4. The molecule has 0 bridgehead atoms. The number of hydrogen-bond acceptors (Lipinski definition) is 4. The van der Waals surface area contributed by atoms with Crippen molar-refractivity contribution in [2.75, 3.05) is 6.54 Å². The molecule has 1 aromatic carbocycles. The van der Waals surface area contributed by atoms with Crippen LogP contribution in [-0.4, -0.2) is 28.5 Å². The second-order valence-corrected chi connectivity index (χ2v) is 5.90. The van der Waals surface area contributed by atoms with Crippen molar-refractivity contribution in [3.63, 3.8) is 0 Å². The van der Waals surface area contributed by atoms with Crippen molar-refractivity contribution >= 4 is 0 Å². The maximum atomic E-state index is 6.12. The Morgan fingerprint density at radius 1 is 1.33 bits per heavy atom. The fourth-order valence-corrected chi connectivity index (χ4v) is 3.11. The fraction of sp³-hybridized carbons (Fsp3) is 0.471. The van der Waals surface area contributed by atoms with Crippen molar-refractivity contribution in [3.8, 4) is 11.5 Å². The first-order chi connectivity index (χ1) is 10.2. The zero-order valence-electron chi connectivity index (χ0n) is 12.5. The molecule has 4 heteroatoms. The van der Waals surface area contributed by atoms with E-state index in [-0.39, 0.29) is 6.04 Å². The van der Waals surface area contributed by atoms with Crippen LogP contribution in [0.4, 0.5) is 0 Å². The molecule has 1 aliphatic rings. The van der Waals surface area contributed by atoms with Crippen molar-refractivity contribution in [2.24, 2.45) is 5.73 Å². The molecule has 1 saturated heterocycles. The van der Waals surface area contributed by atoms with E-state index in [1.165, 1.54) is 19.3 Å². The number of nitrogens with zero attached hydrogens (tertiary/aromatic N) is 2. The summed E-state index contributed by atoms with van der Waals surface area (Å²) >= 11 is 0. The highest BCUT2D eigenvalue weighted by molar-refractivity contribution is 5.52. The fourth-order valence-electron chi connectivity index (χ4n) is 3.11. The van der Waals surface area contributed by atoms with Crippen LogP contribution in [0.5, 0.6) is 0 Å². The highest BCUT2D eigenvalue weighted by atomic mass is 16.3. The van der Waals surface area contributed by atoms with Crippen molar-refractivity contribution in [1.29, 1.82) is 0 Å². The molecule has 112 valence electrons. The number of nitrogens with two attached hydrogens (primary N) is 1. The van der Waals surface area contributed by atoms with Gasteiger partial charge in [-0.05, 0) is 38.4 Å². The van der Waals surface area contributed by atoms with Crippen LogP contribution < -0.4 is 5.73 Å². The predicted molar refractivity (Wildman–Crippen MR) is 83.6 cm³/mol. The molecule has 0 saturated carbocycles. The van der Waals surface area contributed by atoms with Gasteiger partial charge in [-0.1, -0.05) is 24.6 Å². The maximum Gasteiger partial charge on any atom is 0.226 e. The van der Waals surface area contributed by atoms with Crippen LogP contribution in [0.3, 0.4) is 0 Å². The SMILES string of the molecule is CC(N)C1CCCCN1Cc1coc(-c2ccccc2)n1. The van der Waals surface area contributed by atoms with Gasteiger partial charge in [0.2, 0.25) is 5.89 Å². The lowest BCUT2D eigenvalue weighted by Gasteiger charge is -2.37. The van der Waals surface area contributed by atoms with E-state index in [1.807, 2.05) is 30.3 Å². The molecule has 1 aliphatic heterocycles. The van der Waals surface area contributed by atoms with E-state index in [2.05, 4.69) is 16.8 Å². The largest absolute Gasteiger partial charge is 0.444 e. The van der Waals surface area contributed by atoms with Crippen molar-refractivity contribution in [2.45, 2.75) is 44.8 Å². The van der Waals surface area contributed by atoms with Gasteiger partial charge in [0.25, 0.3) is 0 Å². The van der Waals surface area contributed by atoms with Crippen molar-refractivity contribution in [3.05, 3.63) is 42.3 Å². The Bertz CT molecular complexity index is 564. The van der Waals surface area contributed by atoms with E-state index in [0.717, 1.165) is 24.3 Å². The van der Waals surface area contributed by atoms with Gasteiger partial charge in [0.05, 0.1) is 5.69 Å². The summed E-state index contributed by atoms with van der Waals surface area (Å²) in [5, 5.41) is 0. The number of benzene rings is 1. The molecule has 0 amide bonds. The average Bonchev–Trinajstić information content (AvgIpc) is 2.97. The van der Waals surface area contributed by atoms with E-state index in [1.54, 1.807) is 6.26 Å². The molecule has 21 heavy (non-hydrogen) atoms. The first kappa shape index (κ1) is 14.3. The lowest BCUT2D eigenvalue weighted by molar-refractivity contribution is 0.121. The Morgan fingerprint density at radius 2 is 2.14 bits per heavy atom. The summed E-state index contributed by atoms with van der Waals surface area (Å²) in [7, 11) is 0. The molecule has 2 unspecified atom stereocenters. The molecular weight excluding hydrogens is 262 g/mol. The van der Waals surface area contributed by atoms with Gasteiger partial charge in [-0.3, -0.25) is 4.90 Å². The monoisotopic (exact) mass is 285 g/mol. The van der Waals surface area contributed by atoms with Gasteiger partial charge in [-0.15, -0.1) is 0 Å². The molecule has 1 fully saturated rings. The Labute approximate surface area is 126 Å². The number of hydrogen-bond donors (Lipinski definition) is 1. The van der Waals surface area contributed by atoms with E-state index >= 15 is 0 Å². The smallest absolute Gasteiger partial charge is 0.226 e. The van der Waals surface area contributed by atoms with Crippen LogP contribution in [0.15, 0.2) is 41.0 Å². The first-order valence-electron chi connectivity index (χ1n) is 7.73. The summed E-state index contributed by atoms with van der Waals surface area (Å²) in [6, 6.07) is 10.7. The third-order valence-corrected chi connectivity index (χ3v) is 4.21. The van der Waals surface area contributed by atoms with Gasteiger partial charge in [-0.2, -0.15) is 0 Å². The minimum Gasteiger partial charge on any atom is -0.444 e. The van der Waals surface area contributed by atoms with Crippen LogP contribution in [0, 0.1) is 0 Å². The molecule has 2 aromatic rings. The van der Waals surface area contributed by atoms with Crippen molar-refractivity contribution in [1.82, 2.24) is 9.88 Å². The number of oxazole rings is 1. The van der Waals surface area contributed by atoms with Gasteiger partial charge in [-0.25, -0.2) is 4.98 Å². The van der Waals surface area contributed by atoms with Gasteiger partial charge < -0.3 is 10.2 Å². The van der Waals surface area contributed by atoms with Crippen LogP contribution in [0.1, 0.15) is 31.9 Å². The Hall–Kier alpha value is -1.65. The zero-order valence-corrected chi connectivity index (χ0v) is 12.5. The summed E-state index contributed by atoms with van der Waals surface area (Å²) in [4.78, 5) is 7.06. The minimum atomic E-state index is 0.200. The lowest BCUT2D eigenvalue weighted by Crippen LogP contribution is -2.48. The lowest BCUT2D eigenvalue weighted by atomic mass is 9.97. The van der Waals surface area contributed by atoms with Crippen molar-refractivity contribution < 1.29 is 4.42 Å². The normalized spacial score (nSPS) is 21.3. The summed E-state index contributed by atoms with van der Waals surface area (Å²) in [5.74, 6) is 0.694. The molecule has 2 N–H and O–H groups in total. The third-order valence-electron chi connectivity index (χ3n) is 4.21. The Kier molecular flexibility index (Phi) is 4.36. The molecular formula is C17H23N3O. The highest BCUT2D eigenvalue weighted by Gasteiger charge is 2.26. The van der Waals surface area contributed by atoms with Gasteiger partial charge >= 0.3 is 0 Å². The molecule has 0 radical (unpaired) electrons. The second-order valence-electron chi connectivity index (χ2n) is 5.90. The van der Waals surface area contributed by atoms with Crippen LogP contribution in [0.25, 0.3) is 11.5 Å². The molecule has 4 nitrogen and oxygen atoms in total. The Morgan fingerprint density at radius 3 is 2.90 bits per heavy atom. The van der Waals surface area contributed by atoms with Gasteiger partial charge in [0, 0.05) is 24.2 Å². The van der Waals surface area contributed by atoms with E-state index in [4.69, 9.17) is 10.2 Å². The molecule has 3 rings (SSSR count). The standard InChI is InChI=1S/C17H23N3O/c1-13(18)16-9-5-6-10-20(16)11-15-12-21-17(19-15)14-7-3-2-4-8-14/h2-4,7-8,12-13,16H,5-6,9-11,18H2,1H3. The molecule has 2 heterocycles. The van der Waals surface area contributed by atoms with Gasteiger partial charge in [0.1, 0.15) is 6.26 Å². The Balaban J connectivity index is 1.72. The van der Waals surface area contributed by atoms with Crippen LogP contribution in [0.2, 0.25) is 0 Å². The van der Waals surface area contributed by atoms with Crippen LogP contribution in [-0.2, 0) is 6.54 Å². The third kappa shape index (κ3) is 3.34. The summed E-state index contributed by atoms with van der Waals surface area (Å²) < 4.78 is 5.62. The van der Waals surface area contributed by atoms with Gasteiger partial charge in [0.15, 0.2) is 0 Å². The maximum absolute atomic E-state index is 6.12.